The number of nitrogens with one attached hydrogen (secondary N) is 1. The summed E-state index contributed by atoms with van der Waals surface area (Å²) in [5.41, 5.74) is 0. The lowest BCUT2D eigenvalue weighted by atomic mass is 10.2. The number of carbonyl (C=O) groups excluding carboxylic acids is 1. The molecule has 2 amide bonds. The van der Waals surface area contributed by atoms with Crippen LogP contribution in [0, 0.1) is 0 Å². The molecular weight excluding hydrogens is 224 g/mol. The van der Waals surface area contributed by atoms with Crippen LogP contribution < -0.4 is 5.32 Å². The van der Waals surface area contributed by atoms with Crippen molar-refractivity contribution in [3.05, 3.63) is 0 Å². The van der Waals surface area contributed by atoms with Gasteiger partial charge in [-0.15, -0.1) is 0 Å². The highest BCUT2D eigenvalue weighted by Crippen LogP contribution is 2.17. The second-order valence-electron chi connectivity index (χ2n) is 4.32. The lowest BCUT2D eigenvalue weighted by Gasteiger charge is -2.24. The first kappa shape index (κ1) is 13.8. The van der Waals surface area contributed by atoms with E-state index in [1.807, 2.05) is 6.92 Å². The van der Waals surface area contributed by atoms with Gasteiger partial charge in [0.25, 0.3) is 0 Å². The van der Waals surface area contributed by atoms with Gasteiger partial charge in [-0.1, -0.05) is 0 Å². The number of aliphatic carboxylic acids is 1. The van der Waals surface area contributed by atoms with Crippen molar-refractivity contribution in [3.8, 4) is 0 Å². The van der Waals surface area contributed by atoms with Gasteiger partial charge < -0.3 is 20.1 Å². The molecular formula is C11H20N2O4. The first-order valence-corrected chi connectivity index (χ1v) is 5.85. The van der Waals surface area contributed by atoms with Crippen molar-refractivity contribution in [2.75, 3.05) is 20.3 Å². The average molecular weight is 244 g/mol. The minimum absolute atomic E-state index is 0.0162. The molecule has 0 aliphatic carbocycles. The Bertz CT molecular complexity index is 283. The lowest BCUT2D eigenvalue weighted by molar-refractivity contribution is -0.141. The van der Waals surface area contributed by atoms with Gasteiger partial charge in [0.2, 0.25) is 0 Å². The molecule has 0 radical (unpaired) electrons. The number of urea groups is 1. The van der Waals surface area contributed by atoms with E-state index in [1.165, 1.54) is 4.90 Å². The smallest absolute Gasteiger partial charge is 0.326 e. The molecule has 6 nitrogen and oxygen atoms in total. The van der Waals surface area contributed by atoms with Gasteiger partial charge in [-0.3, -0.25) is 0 Å². The quantitative estimate of drug-likeness (QED) is 0.745. The molecule has 98 valence electrons. The SMILES string of the molecule is COCCC(C)NC(=O)N1CCC[C@@H]1C(=O)O. The summed E-state index contributed by atoms with van der Waals surface area (Å²) >= 11 is 0. The van der Waals surface area contributed by atoms with Crippen molar-refractivity contribution in [2.24, 2.45) is 0 Å². The number of nitrogens with zero attached hydrogens (tertiary/aromatic N) is 1. The van der Waals surface area contributed by atoms with E-state index >= 15 is 0 Å². The second kappa shape index (κ2) is 6.44. The lowest BCUT2D eigenvalue weighted by Crippen LogP contribution is -2.48. The topological polar surface area (TPSA) is 78.9 Å². The van der Waals surface area contributed by atoms with E-state index in [0.717, 1.165) is 6.42 Å². The van der Waals surface area contributed by atoms with Crippen molar-refractivity contribution in [1.82, 2.24) is 10.2 Å². The fourth-order valence-corrected chi connectivity index (χ4v) is 1.93. The van der Waals surface area contributed by atoms with E-state index in [-0.39, 0.29) is 12.1 Å². The number of amides is 2. The molecule has 0 saturated carbocycles. The van der Waals surface area contributed by atoms with Gasteiger partial charge in [0, 0.05) is 26.3 Å². The molecule has 1 rings (SSSR count). The maximum Gasteiger partial charge on any atom is 0.326 e. The number of rotatable bonds is 5. The van der Waals surface area contributed by atoms with Gasteiger partial charge in [-0.2, -0.15) is 0 Å². The van der Waals surface area contributed by atoms with Crippen molar-refractivity contribution in [2.45, 2.75) is 38.3 Å². The minimum Gasteiger partial charge on any atom is -0.480 e. The number of carboxylic acids is 1. The van der Waals surface area contributed by atoms with Crippen LogP contribution in [-0.2, 0) is 9.53 Å². The Labute approximate surface area is 101 Å². The molecule has 1 saturated heterocycles. The van der Waals surface area contributed by atoms with Crippen molar-refractivity contribution >= 4 is 12.0 Å². The molecule has 2 N–H and O–H groups in total. The number of methoxy groups -OCH3 is 1. The molecule has 0 spiro atoms. The molecule has 1 aliphatic rings. The Balaban J connectivity index is 2.43. The number of ether oxygens (including phenoxy) is 1. The van der Waals surface area contributed by atoms with Gasteiger partial charge in [0.1, 0.15) is 6.04 Å². The maximum absolute atomic E-state index is 11.8. The summed E-state index contributed by atoms with van der Waals surface area (Å²) in [6.45, 7) is 2.96. The number of likely N-dealkylation sites (tertiary alicyclic amines) is 1. The van der Waals surface area contributed by atoms with Crippen LogP contribution in [0.25, 0.3) is 0 Å². The Morgan fingerprint density at radius 2 is 2.29 bits per heavy atom. The molecule has 1 unspecified atom stereocenters. The standard InChI is InChI=1S/C11H20N2O4/c1-8(5-7-17-2)12-11(16)13-6-3-4-9(13)10(14)15/h8-9H,3-7H2,1-2H3,(H,12,16)(H,14,15)/t8?,9-/m1/s1. The van der Waals surface area contributed by atoms with Gasteiger partial charge in [0.05, 0.1) is 0 Å². The molecule has 0 aromatic heterocycles. The normalized spacial score (nSPS) is 21.3. The average Bonchev–Trinajstić information content (AvgIpc) is 2.75. The zero-order chi connectivity index (χ0) is 12.8. The summed E-state index contributed by atoms with van der Waals surface area (Å²) in [5, 5.41) is 11.8. The third-order valence-corrected chi connectivity index (χ3v) is 2.92. The largest absolute Gasteiger partial charge is 0.480 e. The fraction of sp³-hybridized carbons (Fsp3) is 0.818. The summed E-state index contributed by atoms with van der Waals surface area (Å²) in [6.07, 6.45) is 2.00. The molecule has 0 bridgehead atoms. The van der Waals surface area contributed by atoms with Crippen LogP contribution in [0.3, 0.4) is 0 Å². The van der Waals surface area contributed by atoms with Gasteiger partial charge in [-0.05, 0) is 26.2 Å². The van der Waals surface area contributed by atoms with Crippen LogP contribution in [0.15, 0.2) is 0 Å². The van der Waals surface area contributed by atoms with Crippen molar-refractivity contribution in [3.63, 3.8) is 0 Å². The van der Waals surface area contributed by atoms with Crippen LogP contribution in [0.2, 0.25) is 0 Å². The van der Waals surface area contributed by atoms with E-state index in [1.54, 1.807) is 7.11 Å². The van der Waals surface area contributed by atoms with Gasteiger partial charge in [0.15, 0.2) is 0 Å². The summed E-state index contributed by atoms with van der Waals surface area (Å²) in [7, 11) is 1.61. The van der Waals surface area contributed by atoms with E-state index in [9.17, 15) is 9.59 Å². The number of carbonyl (C=O) groups is 2. The monoisotopic (exact) mass is 244 g/mol. The first-order valence-electron chi connectivity index (χ1n) is 5.85. The molecule has 6 heteroatoms. The summed E-state index contributed by atoms with van der Waals surface area (Å²) in [4.78, 5) is 24.2. The maximum atomic E-state index is 11.8. The van der Waals surface area contributed by atoms with E-state index < -0.39 is 12.0 Å². The Morgan fingerprint density at radius 1 is 1.59 bits per heavy atom. The van der Waals surface area contributed by atoms with Crippen LogP contribution in [0.1, 0.15) is 26.2 Å². The Hall–Kier alpha value is -1.30. The molecule has 1 aliphatic heterocycles. The summed E-state index contributed by atoms with van der Waals surface area (Å²) in [5.74, 6) is -0.929. The van der Waals surface area contributed by atoms with E-state index in [2.05, 4.69) is 5.32 Å². The molecule has 0 aromatic carbocycles. The van der Waals surface area contributed by atoms with Crippen LogP contribution in [0.4, 0.5) is 4.79 Å². The molecule has 17 heavy (non-hydrogen) atoms. The first-order chi connectivity index (χ1) is 8.06. The summed E-state index contributed by atoms with van der Waals surface area (Å²) in [6, 6.07) is -0.986. The van der Waals surface area contributed by atoms with Gasteiger partial charge >= 0.3 is 12.0 Å². The van der Waals surface area contributed by atoms with E-state index in [0.29, 0.717) is 26.0 Å². The number of hydrogen-bond donors (Lipinski definition) is 2. The van der Waals surface area contributed by atoms with Gasteiger partial charge in [-0.25, -0.2) is 9.59 Å². The predicted molar refractivity (Wildman–Crippen MR) is 61.9 cm³/mol. The van der Waals surface area contributed by atoms with Crippen LogP contribution in [-0.4, -0.2) is 54.4 Å². The van der Waals surface area contributed by atoms with Crippen molar-refractivity contribution < 1.29 is 19.4 Å². The summed E-state index contributed by atoms with van der Waals surface area (Å²) < 4.78 is 4.92. The fourth-order valence-electron chi connectivity index (χ4n) is 1.93. The molecule has 2 atom stereocenters. The third-order valence-electron chi connectivity index (χ3n) is 2.92. The van der Waals surface area contributed by atoms with Crippen LogP contribution in [0.5, 0.6) is 0 Å². The zero-order valence-electron chi connectivity index (χ0n) is 10.3. The highest BCUT2D eigenvalue weighted by Gasteiger charge is 2.34. The van der Waals surface area contributed by atoms with E-state index in [4.69, 9.17) is 9.84 Å². The Kier molecular flexibility index (Phi) is 5.21. The predicted octanol–water partition coefficient (Wildman–Crippen LogP) is 0.670. The highest BCUT2D eigenvalue weighted by atomic mass is 16.5. The molecule has 1 fully saturated rings. The second-order valence-corrected chi connectivity index (χ2v) is 4.32. The molecule has 1 heterocycles. The minimum atomic E-state index is -0.929. The number of hydrogen-bond acceptors (Lipinski definition) is 3. The molecule has 0 aromatic rings. The highest BCUT2D eigenvalue weighted by molar-refractivity contribution is 5.83. The number of carboxylic acid groups (broad SMARTS) is 1. The Morgan fingerprint density at radius 3 is 2.88 bits per heavy atom. The zero-order valence-corrected chi connectivity index (χ0v) is 10.3. The van der Waals surface area contributed by atoms with Crippen LogP contribution >= 0.6 is 0 Å². The van der Waals surface area contributed by atoms with Crippen molar-refractivity contribution in [1.29, 1.82) is 0 Å². The third kappa shape index (κ3) is 3.89.